The molecule has 0 spiro atoms. The Balaban J connectivity index is 1.82. The molecule has 0 saturated carbocycles. The first-order chi connectivity index (χ1) is 11.5. The second-order valence-corrected chi connectivity index (χ2v) is 5.59. The summed E-state index contributed by atoms with van der Waals surface area (Å²) in [6, 6.07) is 12.0. The molecule has 0 saturated heterocycles. The third-order valence-electron chi connectivity index (χ3n) is 3.92. The van der Waals surface area contributed by atoms with Crippen molar-refractivity contribution >= 4 is 23.1 Å². The van der Waals surface area contributed by atoms with Crippen LogP contribution in [0.15, 0.2) is 42.5 Å². The first-order valence-corrected chi connectivity index (χ1v) is 7.56. The van der Waals surface area contributed by atoms with Crippen molar-refractivity contribution in [1.82, 2.24) is 0 Å². The van der Waals surface area contributed by atoms with Gasteiger partial charge in [0.15, 0.2) is 12.7 Å². The van der Waals surface area contributed by atoms with Gasteiger partial charge in [-0.15, -0.1) is 0 Å². The van der Waals surface area contributed by atoms with Gasteiger partial charge in [0.25, 0.3) is 5.91 Å². The minimum Gasteiger partial charge on any atom is -0.482 e. The molecule has 1 aliphatic rings. The fourth-order valence-corrected chi connectivity index (χ4v) is 2.49. The molecule has 0 bridgehead atoms. The van der Waals surface area contributed by atoms with Gasteiger partial charge in [0.2, 0.25) is 5.78 Å². The monoisotopic (exact) mass is 326 g/mol. The zero-order valence-corrected chi connectivity index (χ0v) is 13.5. The minimum atomic E-state index is -0.710. The Morgan fingerprint density at radius 1 is 1.29 bits per heavy atom. The van der Waals surface area contributed by atoms with Crippen molar-refractivity contribution in [2.24, 2.45) is 0 Å². The van der Waals surface area contributed by atoms with Crippen molar-refractivity contribution in [2.45, 2.75) is 13.0 Å². The number of carbonyl (C=O) groups is 2. The molecule has 2 aromatic carbocycles. The Kier molecular flexibility index (Phi) is 4.12. The van der Waals surface area contributed by atoms with E-state index in [2.05, 4.69) is 0 Å². The number of anilines is 2. The maximum atomic E-state index is 12.6. The highest BCUT2D eigenvalue weighted by Gasteiger charge is 2.25. The minimum absolute atomic E-state index is 0.00356. The molecule has 1 unspecified atom stereocenters. The standard InChI is InChI=1S/C18H18N2O4/c1-11(24-15-6-4-3-5-13(15)19)18(22)12-7-8-16-14(9-12)20(2)17(21)10-23-16/h3-9,11H,10,19H2,1-2H3. The molecule has 0 fully saturated rings. The van der Waals surface area contributed by atoms with Crippen molar-refractivity contribution in [3.63, 3.8) is 0 Å². The number of nitrogens with two attached hydrogens (primary N) is 1. The van der Waals surface area contributed by atoms with Crippen LogP contribution in [0.1, 0.15) is 17.3 Å². The molecular weight excluding hydrogens is 308 g/mol. The van der Waals surface area contributed by atoms with Crippen LogP contribution in [-0.2, 0) is 4.79 Å². The van der Waals surface area contributed by atoms with E-state index in [1.807, 2.05) is 0 Å². The Bertz CT molecular complexity index is 803. The summed E-state index contributed by atoms with van der Waals surface area (Å²) in [5.74, 6) is 0.683. The molecule has 1 heterocycles. The lowest BCUT2D eigenvalue weighted by Gasteiger charge is -2.26. The summed E-state index contributed by atoms with van der Waals surface area (Å²) in [6.45, 7) is 1.67. The number of para-hydroxylation sites is 2. The molecule has 2 aromatic rings. The lowest BCUT2D eigenvalue weighted by atomic mass is 10.0. The number of Topliss-reactive ketones (excluding diaryl/α,β-unsaturated/α-hetero) is 1. The van der Waals surface area contributed by atoms with Crippen molar-refractivity contribution < 1.29 is 19.1 Å². The Labute approximate surface area is 139 Å². The maximum Gasteiger partial charge on any atom is 0.264 e. The molecule has 1 atom stereocenters. The van der Waals surface area contributed by atoms with Crippen LogP contribution in [-0.4, -0.2) is 31.4 Å². The highest BCUT2D eigenvalue weighted by molar-refractivity contribution is 6.03. The van der Waals surface area contributed by atoms with Crippen LogP contribution >= 0.6 is 0 Å². The van der Waals surface area contributed by atoms with Gasteiger partial charge in [0.05, 0.1) is 11.4 Å². The van der Waals surface area contributed by atoms with Gasteiger partial charge in [-0.3, -0.25) is 9.59 Å². The van der Waals surface area contributed by atoms with Crippen LogP contribution in [0.5, 0.6) is 11.5 Å². The Hall–Kier alpha value is -3.02. The topological polar surface area (TPSA) is 81.9 Å². The Morgan fingerprint density at radius 3 is 2.79 bits per heavy atom. The van der Waals surface area contributed by atoms with E-state index in [0.717, 1.165) is 0 Å². The average Bonchev–Trinajstić information content (AvgIpc) is 2.59. The second kappa shape index (κ2) is 6.23. The molecule has 0 aromatic heterocycles. The van der Waals surface area contributed by atoms with Gasteiger partial charge in [0, 0.05) is 12.6 Å². The highest BCUT2D eigenvalue weighted by atomic mass is 16.5. The summed E-state index contributed by atoms with van der Waals surface area (Å²) < 4.78 is 11.0. The normalized spacial score (nSPS) is 14.6. The first-order valence-electron chi connectivity index (χ1n) is 7.56. The van der Waals surface area contributed by atoms with E-state index in [4.69, 9.17) is 15.2 Å². The number of ether oxygens (including phenoxy) is 2. The number of fused-ring (bicyclic) bond motifs is 1. The van der Waals surface area contributed by atoms with Crippen molar-refractivity contribution in [2.75, 3.05) is 24.3 Å². The average molecular weight is 326 g/mol. The van der Waals surface area contributed by atoms with E-state index in [9.17, 15) is 9.59 Å². The quantitative estimate of drug-likeness (QED) is 0.688. The molecule has 124 valence electrons. The number of nitrogens with zero attached hydrogens (tertiary/aromatic N) is 1. The zero-order chi connectivity index (χ0) is 17.3. The van der Waals surface area contributed by atoms with E-state index in [-0.39, 0.29) is 18.3 Å². The van der Waals surface area contributed by atoms with E-state index in [1.165, 1.54) is 4.90 Å². The number of hydrogen-bond donors (Lipinski definition) is 1. The van der Waals surface area contributed by atoms with Crippen LogP contribution in [0.3, 0.4) is 0 Å². The Morgan fingerprint density at radius 2 is 2.04 bits per heavy atom. The number of rotatable bonds is 4. The van der Waals surface area contributed by atoms with E-state index in [0.29, 0.717) is 28.4 Å². The molecule has 2 N–H and O–H groups in total. The summed E-state index contributed by atoms with van der Waals surface area (Å²) in [7, 11) is 1.66. The zero-order valence-electron chi connectivity index (χ0n) is 13.5. The van der Waals surface area contributed by atoms with Crippen LogP contribution in [0.4, 0.5) is 11.4 Å². The number of benzene rings is 2. The number of carbonyl (C=O) groups excluding carboxylic acids is 2. The summed E-state index contributed by atoms with van der Waals surface area (Å²) in [4.78, 5) is 25.8. The van der Waals surface area contributed by atoms with Crippen molar-refractivity contribution in [3.8, 4) is 11.5 Å². The molecule has 24 heavy (non-hydrogen) atoms. The summed E-state index contributed by atoms with van der Waals surface area (Å²) >= 11 is 0. The van der Waals surface area contributed by atoms with Gasteiger partial charge in [-0.2, -0.15) is 0 Å². The fourth-order valence-electron chi connectivity index (χ4n) is 2.49. The molecule has 0 radical (unpaired) electrons. The lowest BCUT2D eigenvalue weighted by Crippen LogP contribution is -2.35. The summed E-state index contributed by atoms with van der Waals surface area (Å²) in [5, 5.41) is 0. The summed E-state index contributed by atoms with van der Waals surface area (Å²) in [5.41, 5.74) is 7.33. The lowest BCUT2D eigenvalue weighted by molar-refractivity contribution is -0.120. The molecule has 3 rings (SSSR count). The SMILES string of the molecule is CC(Oc1ccccc1N)C(=O)c1ccc2c(c1)N(C)C(=O)CO2. The third kappa shape index (κ3) is 2.90. The first kappa shape index (κ1) is 15.9. The number of hydrogen-bond acceptors (Lipinski definition) is 5. The maximum absolute atomic E-state index is 12.6. The predicted molar refractivity (Wildman–Crippen MR) is 90.6 cm³/mol. The molecule has 6 nitrogen and oxygen atoms in total. The van der Waals surface area contributed by atoms with E-state index in [1.54, 1.807) is 56.4 Å². The van der Waals surface area contributed by atoms with Crippen molar-refractivity contribution in [1.29, 1.82) is 0 Å². The van der Waals surface area contributed by atoms with E-state index >= 15 is 0 Å². The van der Waals surface area contributed by atoms with Crippen LogP contribution < -0.4 is 20.1 Å². The van der Waals surface area contributed by atoms with Crippen molar-refractivity contribution in [3.05, 3.63) is 48.0 Å². The molecule has 6 heteroatoms. The number of likely N-dealkylation sites (N-methyl/N-ethyl adjacent to an activating group) is 1. The molecule has 0 aliphatic carbocycles. The van der Waals surface area contributed by atoms with Gasteiger partial charge in [-0.25, -0.2) is 0 Å². The highest BCUT2D eigenvalue weighted by Crippen LogP contribution is 2.32. The van der Waals surface area contributed by atoms with Gasteiger partial charge < -0.3 is 20.1 Å². The van der Waals surface area contributed by atoms with Crippen LogP contribution in [0.2, 0.25) is 0 Å². The van der Waals surface area contributed by atoms with Gasteiger partial charge in [-0.05, 0) is 37.3 Å². The van der Waals surface area contributed by atoms with Crippen LogP contribution in [0, 0.1) is 0 Å². The predicted octanol–water partition coefficient (Wildman–Crippen LogP) is 2.27. The number of amides is 1. The van der Waals surface area contributed by atoms with Crippen LogP contribution in [0.25, 0.3) is 0 Å². The second-order valence-electron chi connectivity index (χ2n) is 5.59. The smallest absolute Gasteiger partial charge is 0.264 e. The number of ketones is 1. The molecule has 1 aliphatic heterocycles. The fraction of sp³-hybridized carbons (Fsp3) is 0.222. The van der Waals surface area contributed by atoms with Gasteiger partial charge >= 0.3 is 0 Å². The summed E-state index contributed by atoms with van der Waals surface area (Å²) in [6.07, 6.45) is -0.710. The van der Waals surface area contributed by atoms with Gasteiger partial charge in [-0.1, -0.05) is 12.1 Å². The number of nitrogen functional groups attached to an aromatic ring is 1. The van der Waals surface area contributed by atoms with E-state index < -0.39 is 6.10 Å². The largest absolute Gasteiger partial charge is 0.482 e. The molecule has 1 amide bonds. The third-order valence-corrected chi connectivity index (χ3v) is 3.92. The van der Waals surface area contributed by atoms with Gasteiger partial charge in [0.1, 0.15) is 11.5 Å². The molecular formula is C18H18N2O4.